The summed E-state index contributed by atoms with van der Waals surface area (Å²) in [5.41, 5.74) is 5.27. The van der Waals surface area contributed by atoms with Crippen molar-refractivity contribution in [2.45, 2.75) is 19.9 Å². The third kappa shape index (κ3) is 4.16. The van der Waals surface area contributed by atoms with Crippen molar-refractivity contribution in [3.8, 4) is 11.4 Å². The summed E-state index contributed by atoms with van der Waals surface area (Å²) < 4.78 is 8.34. The van der Waals surface area contributed by atoms with Gasteiger partial charge in [0.2, 0.25) is 0 Å². The number of para-hydroxylation sites is 1. The van der Waals surface area contributed by atoms with Gasteiger partial charge in [-0.15, -0.1) is 5.10 Å². The van der Waals surface area contributed by atoms with Crippen LogP contribution in [0.15, 0.2) is 66.7 Å². The lowest BCUT2D eigenvalue weighted by Gasteiger charge is -2.21. The predicted molar refractivity (Wildman–Crippen MR) is 126 cm³/mol. The molecule has 0 aliphatic heterocycles. The Hall–Kier alpha value is -2.94. The maximum atomic E-state index is 5.33. The summed E-state index contributed by atoms with van der Waals surface area (Å²) in [7, 11) is 1.66. The van der Waals surface area contributed by atoms with Crippen molar-refractivity contribution in [1.82, 2.24) is 20.2 Å². The fraction of sp³-hybridized carbons (Fsp3) is 0.174. The minimum Gasteiger partial charge on any atom is -0.497 e. The minimum atomic E-state index is -0.245. The molecule has 1 aromatic heterocycles. The van der Waals surface area contributed by atoms with Gasteiger partial charge in [0.15, 0.2) is 5.82 Å². The average Bonchev–Trinajstić information content (AvgIpc) is 3.22. The van der Waals surface area contributed by atoms with Gasteiger partial charge >= 0.3 is 0 Å². The molecule has 3 aromatic carbocycles. The van der Waals surface area contributed by atoms with Crippen LogP contribution in [-0.2, 0) is 0 Å². The van der Waals surface area contributed by atoms with E-state index in [1.807, 2.05) is 35.0 Å². The molecule has 6 nitrogen and oxygen atoms in total. The highest BCUT2D eigenvalue weighted by Crippen LogP contribution is 2.29. The van der Waals surface area contributed by atoms with Crippen molar-refractivity contribution < 1.29 is 4.74 Å². The van der Waals surface area contributed by atoms with Crippen LogP contribution in [0.2, 0.25) is 0 Å². The van der Waals surface area contributed by atoms with Gasteiger partial charge in [-0.05, 0) is 100.0 Å². The summed E-state index contributed by atoms with van der Waals surface area (Å²) in [4.78, 5) is 0. The number of tetrazole rings is 1. The Morgan fingerprint density at radius 2 is 1.60 bits per heavy atom. The normalized spacial score (nSPS) is 11.9. The second-order valence-corrected chi connectivity index (χ2v) is 8.29. The van der Waals surface area contributed by atoms with Crippen molar-refractivity contribution in [3.05, 3.63) is 92.8 Å². The number of aryl methyl sites for hydroxylation is 2. The number of anilines is 1. The van der Waals surface area contributed by atoms with Crippen LogP contribution in [0.5, 0.6) is 5.75 Å². The van der Waals surface area contributed by atoms with E-state index in [1.54, 1.807) is 7.11 Å². The molecular weight excluding hydrogens is 489 g/mol. The zero-order valence-electron chi connectivity index (χ0n) is 17.0. The second-order valence-electron chi connectivity index (χ2n) is 7.05. The van der Waals surface area contributed by atoms with E-state index in [0.717, 1.165) is 39.6 Å². The first-order valence-electron chi connectivity index (χ1n) is 9.57. The molecule has 0 aliphatic carbocycles. The molecule has 1 N–H and O–H groups in total. The van der Waals surface area contributed by atoms with Crippen LogP contribution in [0.25, 0.3) is 5.69 Å². The summed E-state index contributed by atoms with van der Waals surface area (Å²) in [5, 5.41) is 16.4. The van der Waals surface area contributed by atoms with Crippen LogP contribution in [-0.4, -0.2) is 27.3 Å². The smallest absolute Gasteiger partial charge is 0.183 e. The van der Waals surface area contributed by atoms with Gasteiger partial charge in [0.1, 0.15) is 11.8 Å². The van der Waals surface area contributed by atoms with Crippen molar-refractivity contribution in [2.24, 2.45) is 0 Å². The highest BCUT2D eigenvalue weighted by molar-refractivity contribution is 14.1. The fourth-order valence-corrected chi connectivity index (χ4v) is 3.84. The molecule has 0 spiro atoms. The molecule has 0 radical (unpaired) electrons. The van der Waals surface area contributed by atoms with Crippen LogP contribution in [0, 0.1) is 17.4 Å². The Morgan fingerprint density at radius 3 is 2.23 bits per heavy atom. The summed E-state index contributed by atoms with van der Waals surface area (Å²) in [5.74, 6) is 1.53. The van der Waals surface area contributed by atoms with Crippen LogP contribution < -0.4 is 10.1 Å². The Labute approximate surface area is 189 Å². The number of rotatable bonds is 6. The van der Waals surface area contributed by atoms with Crippen molar-refractivity contribution >= 4 is 28.3 Å². The van der Waals surface area contributed by atoms with E-state index < -0.39 is 0 Å². The molecule has 4 rings (SSSR count). The summed E-state index contributed by atoms with van der Waals surface area (Å²) in [6.45, 7) is 4.14. The Kier molecular flexibility index (Phi) is 5.98. The van der Waals surface area contributed by atoms with Gasteiger partial charge in [-0.2, -0.15) is 4.68 Å². The van der Waals surface area contributed by atoms with E-state index >= 15 is 0 Å². The summed E-state index contributed by atoms with van der Waals surface area (Å²) in [6.07, 6.45) is 0. The first-order valence-corrected chi connectivity index (χ1v) is 10.7. The highest BCUT2D eigenvalue weighted by atomic mass is 127. The quantitative estimate of drug-likeness (QED) is 0.366. The Bertz CT molecular complexity index is 1120. The average molecular weight is 511 g/mol. The summed E-state index contributed by atoms with van der Waals surface area (Å²) in [6, 6.07) is 22.2. The summed E-state index contributed by atoms with van der Waals surface area (Å²) >= 11 is 2.30. The fourth-order valence-electron chi connectivity index (χ4n) is 3.48. The second kappa shape index (κ2) is 8.83. The third-order valence-electron chi connectivity index (χ3n) is 5.01. The van der Waals surface area contributed by atoms with E-state index in [1.165, 1.54) is 3.57 Å². The van der Waals surface area contributed by atoms with Gasteiger partial charge in [-0.1, -0.05) is 30.3 Å². The molecule has 152 valence electrons. The van der Waals surface area contributed by atoms with Gasteiger partial charge in [-0.25, -0.2) is 0 Å². The number of nitrogens with one attached hydrogen (secondary N) is 1. The molecule has 1 unspecified atom stereocenters. The topological polar surface area (TPSA) is 64.9 Å². The van der Waals surface area contributed by atoms with Gasteiger partial charge in [-0.3, -0.25) is 0 Å². The van der Waals surface area contributed by atoms with Crippen molar-refractivity contribution in [1.29, 1.82) is 0 Å². The molecule has 1 atom stereocenters. The van der Waals surface area contributed by atoms with Crippen molar-refractivity contribution in [2.75, 3.05) is 12.4 Å². The lowest BCUT2D eigenvalue weighted by Crippen LogP contribution is -2.19. The number of nitrogens with zero attached hydrogens (tertiary/aromatic N) is 4. The SMILES string of the molecule is COc1ccc(C(Nc2ccc(I)cc2)c2nnnn2-c2c(C)cccc2C)cc1. The van der Waals surface area contributed by atoms with E-state index in [9.17, 15) is 0 Å². The largest absolute Gasteiger partial charge is 0.497 e. The molecule has 4 aromatic rings. The third-order valence-corrected chi connectivity index (χ3v) is 5.73. The Balaban J connectivity index is 1.82. The van der Waals surface area contributed by atoms with Gasteiger partial charge in [0, 0.05) is 9.26 Å². The molecule has 0 fully saturated rings. The number of hydrogen-bond acceptors (Lipinski definition) is 5. The van der Waals surface area contributed by atoms with E-state index in [-0.39, 0.29) is 6.04 Å². The van der Waals surface area contributed by atoms with Crippen LogP contribution in [0.1, 0.15) is 28.6 Å². The van der Waals surface area contributed by atoms with E-state index in [2.05, 4.69) is 93.7 Å². The van der Waals surface area contributed by atoms with Crippen LogP contribution >= 0.6 is 22.6 Å². The van der Waals surface area contributed by atoms with E-state index in [0.29, 0.717) is 0 Å². The number of aromatic nitrogens is 4. The van der Waals surface area contributed by atoms with Gasteiger partial charge in [0.25, 0.3) is 0 Å². The molecule has 0 saturated carbocycles. The number of ether oxygens (including phenoxy) is 1. The number of methoxy groups -OCH3 is 1. The molecule has 7 heteroatoms. The maximum absolute atomic E-state index is 5.33. The molecule has 0 saturated heterocycles. The molecular formula is C23H22IN5O. The lowest BCUT2D eigenvalue weighted by atomic mass is 10.0. The highest BCUT2D eigenvalue weighted by Gasteiger charge is 2.24. The first-order chi connectivity index (χ1) is 14.6. The van der Waals surface area contributed by atoms with Crippen molar-refractivity contribution in [3.63, 3.8) is 0 Å². The monoisotopic (exact) mass is 511 g/mol. The zero-order chi connectivity index (χ0) is 21.1. The molecule has 0 amide bonds. The van der Waals surface area contributed by atoms with Gasteiger partial charge < -0.3 is 10.1 Å². The number of benzene rings is 3. The number of hydrogen-bond donors (Lipinski definition) is 1. The van der Waals surface area contributed by atoms with E-state index in [4.69, 9.17) is 4.74 Å². The Morgan fingerprint density at radius 1 is 0.933 bits per heavy atom. The predicted octanol–water partition coefficient (Wildman–Crippen LogP) is 5.09. The number of halogens is 1. The maximum Gasteiger partial charge on any atom is 0.183 e. The molecule has 1 heterocycles. The van der Waals surface area contributed by atoms with Crippen LogP contribution in [0.3, 0.4) is 0 Å². The lowest BCUT2D eigenvalue weighted by molar-refractivity contribution is 0.414. The van der Waals surface area contributed by atoms with Crippen LogP contribution in [0.4, 0.5) is 5.69 Å². The molecule has 0 aliphatic rings. The standard InChI is InChI=1S/C23H22IN5O/c1-15-5-4-6-16(2)22(15)29-23(26-27-28-29)21(17-7-13-20(30-3)14-8-17)25-19-11-9-18(24)10-12-19/h4-14,21,25H,1-3H3. The van der Waals surface area contributed by atoms with Gasteiger partial charge in [0.05, 0.1) is 12.8 Å². The minimum absolute atomic E-state index is 0.245. The zero-order valence-corrected chi connectivity index (χ0v) is 19.2. The molecule has 0 bridgehead atoms. The first kappa shape index (κ1) is 20.3. The molecule has 30 heavy (non-hydrogen) atoms.